The lowest BCUT2D eigenvalue weighted by Crippen LogP contribution is -2.46. The van der Waals surface area contributed by atoms with Gasteiger partial charge in [0.05, 0.1) is 6.54 Å². The van der Waals surface area contributed by atoms with Gasteiger partial charge in [-0.15, -0.1) is 11.3 Å². The average Bonchev–Trinajstić information content (AvgIpc) is 3.12. The summed E-state index contributed by atoms with van der Waals surface area (Å²) in [5, 5.41) is 2.00. The van der Waals surface area contributed by atoms with E-state index in [1.807, 2.05) is 61.7 Å². The van der Waals surface area contributed by atoms with Crippen LogP contribution in [0.1, 0.15) is 24.3 Å². The maximum atomic E-state index is 13.0. The molecule has 0 atom stereocenters. The highest BCUT2D eigenvalue weighted by atomic mass is 32.1. The fourth-order valence-corrected chi connectivity index (χ4v) is 3.36. The van der Waals surface area contributed by atoms with Gasteiger partial charge in [-0.25, -0.2) is 0 Å². The minimum Gasteiger partial charge on any atom is -0.375 e. The van der Waals surface area contributed by atoms with Gasteiger partial charge in [-0.05, 0) is 30.9 Å². The van der Waals surface area contributed by atoms with Crippen LogP contribution < -0.4 is 0 Å². The molecule has 1 heterocycles. The highest BCUT2D eigenvalue weighted by molar-refractivity contribution is 7.09. The largest absolute Gasteiger partial charge is 0.375 e. The number of amides is 2. The lowest BCUT2D eigenvalue weighted by Gasteiger charge is -2.30. The van der Waals surface area contributed by atoms with Crippen molar-refractivity contribution < 1.29 is 14.3 Å². The van der Waals surface area contributed by atoms with Crippen molar-refractivity contribution in [1.82, 2.24) is 9.80 Å². The smallest absolute Gasteiger partial charge is 0.249 e. The molecule has 0 aliphatic carbocycles. The van der Waals surface area contributed by atoms with E-state index in [-0.39, 0.29) is 31.0 Å². The predicted octanol–water partition coefficient (Wildman–Crippen LogP) is 3.16. The summed E-state index contributed by atoms with van der Waals surface area (Å²) in [6.07, 6.45) is 0. The molecule has 0 saturated heterocycles. The quantitative estimate of drug-likeness (QED) is 0.677. The molecular formula is C20H26N2O3S. The molecule has 0 unspecified atom stereocenters. The van der Waals surface area contributed by atoms with Crippen molar-refractivity contribution in [3.8, 4) is 0 Å². The third-order valence-electron chi connectivity index (χ3n) is 4.01. The Kier molecular flexibility index (Phi) is 7.81. The van der Waals surface area contributed by atoms with Gasteiger partial charge in [0.25, 0.3) is 0 Å². The van der Waals surface area contributed by atoms with Gasteiger partial charge in [0.15, 0.2) is 0 Å². The lowest BCUT2D eigenvalue weighted by molar-refractivity contribution is -0.144. The summed E-state index contributed by atoms with van der Waals surface area (Å²) in [5.41, 5.74) is 1.07. The maximum absolute atomic E-state index is 13.0. The topological polar surface area (TPSA) is 49.9 Å². The molecule has 6 heteroatoms. The Balaban J connectivity index is 2.14. The minimum absolute atomic E-state index is 0.0188. The minimum atomic E-state index is -0.174. The van der Waals surface area contributed by atoms with Gasteiger partial charge >= 0.3 is 0 Å². The molecule has 1 aromatic heterocycles. The molecule has 1 aromatic carbocycles. The van der Waals surface area contributed by atoms with Crippen LogP contribution in [0.2, 0.25) is 0 Å². The van der Waals surface area contributed by atoms with Gasteiger partial charge in [0, 0.05) is 24.6 Å². The Labute approximate surface area is 159 Å². The standard InChI is InChI=1S/C20H26N2O3S/c1-16(2)22(20(24)15-25-3)14-19(23)21(13-18-10-7-11-26-18)12-17-8-5-4-6-9-17/h4-11,16H,12-15H2,1-3H3. The lowest BCUT2D eigenvalue weighted by atomic mass is 10.2. The van der Waals surface area contributed by atoms with Crippen LogP contribution in [0.5, 0.6) is 0 Å². The van der Waals surface area contributed by atoms with Crippen molar-refractivity contribution in [3.63, 3.8) is 0 Å². The predicted molar refractivity (Wildman–Crippen MR) is 104 cm³/mol. The summed E-state index contributed by atoms with van der Waals surface area (Å²) in [6, 6.07) is 13.8. The second-order valence-corrected chi connectivity index (χ2v) is 7.40. The van der Waals surface area contributed by atoms with Crippen molar-refractivity contribution in [1.29, 1.82) is 0 Å². The summed E-state index contributed by atoms with van der Waals surface area (Å²) in [5.74, 6) is -0.243. The van der Waals surface area contributed by atoms with Crippen LogP contribution in [0, 0.1) is 0 Å². The van der Waals surface area contributed by atoms with Gasteiger partial charge in [-0.2, -0.15) is 0 Å². The van der Waals surface area contributed by atoms with E-state index in [0.717, 1.165) is 10.4 Å². The number of ether oxygens (including phenoxy) is 1. The molecular weight excluding hydrogens is 348 g/mol. The molecule has 5 nitrogen and oxygen atoms in total. The number of nitrogens with zero attached hydrogens (tertiary/aromatic N) is 2. The van der Waals surface area contributed by atoms with E-state index in [4.69, 9.17) is 4.74 Å². The SMILES string of the molecule is COCC(=O)N(CC(=O)N(Cc1ccccc1)Cc1cccs1)C(C)C. The Hall–Kier alpha value is -2.18. The normalized spacial score (nSPS) is 10.8. The van der Waals surface area contributed by atoms with Gasteiger partial charge in [-0.1, -0.05) is 36.4 Å². The summed E-state index contributed by atoms with van der Waals surface area (Å²) in [6.45, 7) is 4.90. The molecule has 0 bridgehead atoms. The average molecular weight is 375 g/mol. The van der Waals surface area contributed by atoms with Gasteiger partial charge in [0.1, 0.15) is 13.2 Å². The third-order valence-corrected chi connectivity index (χ3v) is 4.87. The maximum Gasteiger partial charge on any atom is 0.249 e. The zero-order valence-electron chi connectivity index (χ0n) is 15.6. The molecule has 0 radical (unpaired) electrons. The number of hydrogen-bond acceptors (Lipinski definition) is 4. The fourth-order valence-electron chi connectivity index (χ4n) is 2.64. The van der Waals surface area contributed by atoms with Crippen molar-refractivity contribution in [2.45, 2.75) is 33.0 Å². The van der Waals surface area contributed by atoms with Gasteiger partial charge < -0.3 is 14.5 Å². The summed E-state index contributed by atoms with van der Waals surface area (Å²) in [7, 11) is 1.48. The molecule has 0 fully saturated rings. The Bertz CT molecular complexity index is 686. The molecule has 0 spiro atoms. The number of methoxy groups -OCH3 is 1. The van der Waals surface area contributed by atoms with Crippen molar-refractivity contribution in [2.24, 2.45) is 0 Å². The highest BCUT2D eigenvalue weighted by Gasteiger charge is 2.23. The number of hydrogen-bond donors (Lipinski definition) is 0. The van der Waals surface area contributed by atoms with E-state index >= 15 is 0 Å². The highest BCUT2D eigenvalue weighted by Crippen LogP contribution is 2.15. The van der Waals surface area contributed by atoms with Crippen LogP contribution in [0.15, 0.2) is 47.8 Å². The molecule has 0 N–H and O–H groups in total. The monoisotopic (exact) mass is 374 g/mol. The summed E-state index contributed by atoms with van der Waals surface area (Å²) in [4.78, 5) is 29.7. The van der Waals surface area contributed by atoms with E-state index in [9.17, 15) is 9.59 Å². The van der Waals surface area contributed by atoms with Crippen molar-refractivity contribution in [2.75, 3.05) is 20.3 Å². The molecule has 2 rings (SSSR count). The number of benzene rings is 1. The van der Waals surface area contributed by atoms with Gasteiger partial charge in [-0.3, -0.25) is 9.59 Å². The second kappa shape index (κ2) is 10.1. The van der Waals surface area contributed by atoms with Gasteiger partial charge in [0.2, 0.25) is 11.8 Å². The first-order valence-corrected chi connectivity index (χ1v) is 9.51. The molecule has 2 aromatic rings. The molecule has 26 heavy (non-hydrogen) atoms. The molecule has 0 saturated carbocycles. The van der Waals surface area contributed by atoms with E-state index in [2.05, 4.69) is 0 Å². The zero-order valence-corrected chi connectivity index (χ0v) is 16.4. The van der Waals surface area contributed by atoms with Crippen LogP contribution in [0.25, 0.3) is 0 Å². The number of carbonyl (C=O) groups is 2. The van der Waals surface area contributed by atoms with E-state index in [0.29, 0.717) is 13.1 Å². The summed E-state index contributed by atoms with van der Waals surface area (Å²) < 4.78 is 4.94. The molecule has 0 aliphatic rings. The second-order valence-electron chi connectivity index (χ2n) is 6.36. The van der Waals surface area contributed by atoms with Crippen LogP contribution >= 0.6 is 11.3 Å². The molecule has 140 valence electrons. The summed E-state index contributed by atoms with van der Waals surface area (Å²) >= 11 is 1.62. The van der Waals surface area contributed by atoms with Crippen LogP contribution in [-0.4, -0.2) is 47.9 Å². The van der Waals surface area contributed by atoms with Crippen LogP contribution in [0.4, 0.5) is 0 Å². The zero-order chi connectivity index (χ0) is 18.9. The first kappa shape index (κ1) is 20.1. The molecule has 0 aliphatic heterocycles. The van der Waals surface area contributed by atoms with E-state index in [1.54, 1.807) is 21.1 Å². The Morgan fingerprint density at radius 1 is 1.04 bits per heavy atom. The van der Waals surface area contributed by atoms with Crippen molar-refractivity contribution in [3.05, 3.63) is 58.3 Å². The van der Waals surface area contributed by atoms with Crippen LogP contribution in [0.3, 0.4) is 0 Å². The first-order chi connectivity index (χ1) is 12.5. The number of thiophene rings is 1. The third kappa shape index (κ3) is 5.97. The van der Waals surface area contributed by atoms with E-state index < -0.39 is 0 Å². The van der Waals surface area contributed by atoms with E-state index in [1.165, 1.54) is 7.11 Å². The fraction of sp³-hybridized carbons (Fsp3) is 0.400. The number of carbonyl (C=O) groups excluding carboxylic acids is 2. The Morgan fingerprint density at radius 3 is 2.35 bits per heavy atom. The first-order valence-electron chi connectivity index (χ1n) is 8.63. The molecule has 2 amide bonds. The number of rotatable bonds is 9. The van der Waals surface area contributed by atoms with Crippen molar-refractivity contribution >= 4 is 23.2 Å². The van der Waals surface area contributed by atoms with Crippen LogP contribution in [-0.2, 0) is 27.4 Å². The Morgan fingerprint density at radius 2 is 1.77 bits per heavy atom.